The lowest BCUT2D eigenvalue weighted by molar-refractivity contribution is -0.137. The van der Waals surface area contributed by atoms with Crippen molar-refractivity contribution in [2.45, 2.75) is 52.4 Å². The standard InChI is InChI=1S/C14H22N2O/c1-13(2,10-15)12(17)16-9-8-14(11-16)6-4-3-5-7-14/h3-9,11H2,1-2H3. The molecule has 0 N–H and O–H groups in total. The van der Waals surface area contributed by atoms with Crippen molar-refractivity contribution in [1.82, 2.24) is 4.90 Å². The van der Waals surface area contributed by atoms with Crippen LogP contribution in [-0.4, -0.2) is 23.9 Å². The molecule has 1 amide bonds. The number of nitriles is 1. The summed E-state index contributed by atoms with van der Waals surface area (Å²) in [7, 11) is 0. The highest BCUT2D eigenvalue weighted by Crippen LogP contribution is 2.44. The maximum absolute atomic E-state index is 12.2. The molecule has 1 aliphatic heterocycles. The van der Waals surface area contributed by atoms with Crippen molar-refractivity contribution in [3.8, 4) is 6.07 Å². The Labute approximate surface area is 104 Å². The van der Waals surface area contributed by atoms with Crippen LogP contribution < -0.4 is 0 Å². The minimum absolute atomic E-state index is 0.0162. The molecular weight excluding hydrogens is 212 g/mol. The third-order valence-electron chi connectivity index (χ3n) is 4.45. The zero-order chi connectivity index (χ0) is 12.5. The van der Waals surface area contributed by atoms with Crippen molar-refractivity contribution in [3.63, 3.8) is 0 Å². The number of amides is 1. The van der Waals surface area contributed by atoms with Gasteiger partial charge in [0.25, 0.3) is 0 Å². The molecular formula is C14H22N2O. The van der Waals surface area contributed by atoms with Gasteiger partial charge in [-0.25, -0.2) is 0 Å². The predicted molar refractivity (Wildman–Crippen MR) is 66.1 cm³/mol. The molecule has 0 bridgehead atoms. The molecule has 3 heteroatoms. The van der Waals surface area contributed by atoms with Crippen molar-refractivity contribution in [3.05, 3.63) is 0 Å². The van der Waals surface area contributed by atoms with E-state index in [-0.39, 0.29) is 5.91 Å². The van der Waals surface area contributed by atoms with E-state index in [4.69, 9.17) is 5.26 Å². The fourth-order valence-corrected chi connectivity index (χ4v) is 3.26. The van der Waals surface area contributed by atoms with Crippen LogP contribution >= 0.6 is 0 Å². The number of carbonyl (C=O) groups excluding carboxylic acids is 1. The predicted octanol–water partition coefficient (Wildman–Crippen LogP) is 2.72. The van der Waals surface area contributed by atoms with Crippen molar-refractivity contribution in [2.24, 2.45) is 10.8 Å². The first kappa shape index (κ1) is 12.4. The van der Waals surface area contributed by atoms with Crippen LogP contribution in [0.5, 0.6) is 0 Å². The topological polar surface area (TPSA) is 44.1 Å². The molecule has 1 heterocycles. The fraction of sp³-hybridized carbons (Fsp3) is 0.857. The third kappa shape index (κ3) is 2.31. The van der Waals surface area contributed by atoms with Gasteiger partial charge in [0.15, 0.2) is 0 Å². The van der Waals surface area contributed by atoms with Gasteiger partial charge in [0.2, 0.25) is 5.91 Å². The Bertz CT molecular complexity index is 348. The Morgan fingerprint density at radius 1 is 1.24 bits per heavy atom. The molecule has 1 saturated heterocycles. The molecule has 1 spiro atoms. The second-order valence-electron chi connectivity index (χ2n) is 6.27. The average molecular weight is 234 g/mol. The number of nitrogens with zero attached hydrogens (tertiary/aromatic N) is 2. The molecule has 0 aromatic heterocycles. The van der Waals surface area contributed by atoms with Gasteiger partial charge in [-0.1, -0.05) is 19.3 Å². The van der Waals surface area contributed by atoms with E-state index in [1.54, 1.807) is 13.8 Å². The van der Waals surface area contributed by atoms with E-state index in [2.05, 4.69) is 6.07 Å². The number of carbonyl (C=O) groups is 1. The zero-order valence-electron chi connectivity index (χ0n) is 11.0. The molecule has 2 aliphatic rings. The smallest absolute Gasteiger partial charge is 0.242 e. The van der Waals surface area contributed by atoms with Crippen LogP contribution in [0.4, 0.5) is 0 Å². The average Bonchev–Trinajstić information content (AvgIpc) is 2.73. The molecule has 1 saturated carbocycles. The fourth-order valence-electron chi connectivity index (χ4n) is 3.26. The van der Waals surface area contributed by atoms with Gasteiger partial charge in [-0.3, -0.25) is 4.79 Å². The molecule has 2 rings (SSSR count). The second-order valence-corrected chi connectivity index (χ2v) is 6.27. The molecule has 0 atom stereocenters. The third-order valence-corrected chi connectivity index (χ3v) is 4.45. The highest BCUT2D eigenvalue weighted by Gasteiger charge is 2.43. The van der Waals surface area contributed by atoms with Crippen molar-refractivity contribution in [1.29, 1.82) is 5.26 Å². The molecule has 2 fully saturated rings. The van der Waals surface area contributed by atoms with Crippen LogP contribution in [0.2, 0.25) is 0 Å². The molecule has 0 aromatic carbocycles. The van der Waals surface area contributed by atoms with Gasteiger partial charge in [0.05, 0.1) is 6.07 Å². The first-order valence-corrected chi connectivity index (χ1v) is 6.70. The lowest BCUT2D eigenvalue weighted by Crippen LogP contribution is -2.40. The van der Waals surface area contributed by atoms with Crippen LogP contribution in [0.1, 0.15) is 52.4 Å². The SMILES string of the molecule is CC(C)(C#N)C(=O)N1CCC2(CCCCC2)C1. The van der Waals surface area contributed by atoms with Gasteiger partial charge in [0.1, 0.15) is 5.41 Å². The Morgan fingerprint density at radius 2 is 1.88 bits per heavy atom. The molecule has 0 unspecified atom stereocenters. The molecule has 0 aromatic rings. The van der Waals surface area contributed by atoms with Gasteiger partial charge < -0.3 is 4.90 Å². The summed E-state index contributed by atoms with van der Waals surface area (Å²) in [6, 6.07) is 2.12. The summed E-state index contributed by atoms with van der Waals surface area (Å²) in [4.78, 5) is 14.2. The molecule has 0 radical (unpaired) electrons. The van der Waals surface area contributed by atoms with Crippen molar-refractivity contribution < 1.29 is 4.79 Å². The summed E-state index contributed by atoms with van der Waals surface area (Å²) >= 11 is 0. The molecule has 1 aliphatic carbocycles. The van der Waals surface area contributed by atoms with Crippen LogP contribution in [0, 0.1) is 22.2 Å². The van der Waals surface area contributed by atoms with Gasteiger partial charge >= 0.3 is 0 Å². The normalized spacial score (nSPS) is 23.7. The van der Waals surface area contributed by atoms with Crippen LogP contribution in [0.25, 0.3) is 0 Å². The Hall–Kier alpha value is -1.04. The minimum Gasteiger partial charge on any atom is -0.341 e. The van der Waals surface area contributed by atoms with Crippen LogP contribution in [-0.2, 0) is 4.79 Å². The first-order valence-electron chi connectivity index (χ1n) is 6.70. The van der Waals surface area contributed by atoms with E-state index >= 15 is 0 Å². The lowest BCUT2D eigenvalue weighted by Gasteiger charge is -2.33. The number of rotatable bonds is 1. The summed E-state index contributed by atoms with van der Waals surface area (Å²) in [5, 5.41) is 9.03. The van der Waals surface area contributed by atoms with E-state index in [0.717, 1.165) is 19.5 Å². The highest BCUT2D eigenvalue weighted by molar-refractivity contribution is 5.84. The van der Waals surface area contributed by atoms with E-state index < -0.39 is 5.41 Å². The first-order chi connectivity index (χ1) is 7.99. The summed E-state index contributed by atoms with van der Waals surface area (Å²) in [5.74, 6) is 0.0162. The Balaban J connectivity index is 2.03. The van der Waals surface area contributed by atoms with Gasteiger partial charge in [-0.2, -0.15) is 5.26 Å². The summed E-state index contributed by atoms with van der Waals surface area (Å²) in [6.45, 7) is 5.18. The van der Waals surface area contributed by atoms with Crippen molar-refractivity contribution in [2.75, 3.05) is 13.1 Å². The number of likely N-dealkylation sites (tertiary alicyclic amines) is 1. The zero-order valence-corrected chi connectivity index (χ0v) is 11.0. The van der Waals surface area contributed by atoms with E-state index in [9.17, 15) is 4.79 Å². The molecule has 94 valence electrons. The summed E-state index contributed by atoms with van der Waals surface area (Å²) in [5.41, 5.74) is -0.473. The monoisotopic (exact) mass is 234 g/mol. The quantitative estimate of drug-likeness (QED) is 0.700. The van der Waals surface area contributed by atoms with Crippen LogP contribution in [0.15, 0.2) is 0 Å². The summed E-state index contributed by atoms with van der Waals surface area (Å²) in [6.07, 6.45) is 7.64. The Kier molecular flexibility index (Phi) is 3.16. The number of hydrogen-bond donors (Lipinski definition) is 0. The maximum atomic E-state index is 12.2. The van der Waals surface area contributed by atoms with E-state index in [0.29, 0.717) is 5.41 Å². The Morgan fingerprint density at radius 3 is 2.47 bits per heavy atom. The second kappa shape index (κ2) is 4.33. The van der Waals surface area contributed by atoms with Crippen LogP contribution in [0.3, 0.4) is 0 Å². The lowest BCUT2D eigenvalue weighted by atomic mass is 9.73. The minimum atomic E-state index is -0.861. The van der Waals surface area contributed by atoms with Gasteiger partial charge in [-0.05, 0) is 38.5 Å². The van der Waals surface area contributed by atoms with E-state index in [1.165, 1.54) is 32.1 Å². The molecule has 3 nitrogen and oxygen atoms in total. The summed E-state index contributed by atoms with van der Waals surface area (Å²) < 4.78 is 0. The van der Waals surface area contributed by atoms with E-state index in [1.807, 2.05) is 4.90 Å². The van der Waals surface area contributed by atoms with Gasteiger partial charge in [-0.15, -0.1) is 0 Å². The largest absolute Gasteiger partial charge is 0.341 e. The van der Waals surface area contributed by atoms with Crippen molar-refractivity contribution >= 4 is 5.91 Å². The highest BCUT2D eigenvalue weighted by atomic mass is 16.2. The maximum Gasteiger partial charge on any atom is 0.242 e. The molecule has 17 heavy (non-hydrogen) atoms. The number of hydrogen-bond acceptors (Lipinski definition) is 2. The van der Waals surface area contributed by atoms with Gasteiger partial charge in [0, 0.05) is 13.1 Å².